The topological polar surface area (TPSA) is 72.5 Å². The zero-order chi connectivity index (χ0) is 11.4. The van der Waals surface area contributed by atoms with Crippen molar-refractivity contribution in [1.82, 2.24) is 0 Å². The summed E-state index contributed by atoms with van der Waals surface area (Å²) in [4.78, 5) is 10.5. The summed E-state index contributed by atoms with van der Waals surface area (Å²) in [6.45, 7) is 0. The van der Waals surface area contributed by atoms with Crippen molar-refractivity contribution in [2.75, 3.05) is 7.11 Å². The number of rotatable bonds is 4. The predicted octanol–water partition coefficient (Wildman–Crippen LogP) is 1.72. The van der Waals surface area contributed by atoms with E-state index >= 15 is 0 Å². The van der Waals surface area contributed by atoms with Gasteiger partial charge in [0, 0.05) is 5.02 Å². The number of aliphatic carboxylic acids is 1. The number of benzene rings is 1. The average Bonchev–Trinajstić information content (AvgIpc) is 2.20. The number of carboxylic acid groups (broad SMARTS) is 1. The van der Waals surface area contributed by atoms with Crippen molar-refractivity contribution in [2.45, 2.75) is 12.5 Å². The van der Waals surface area contributed by atoms with Crippen LogP contribution in [0.25, 0.3) is 0 Å². The van der Waals surface area contributed by atoms with Gasteiger partial charge in [-0.15, -0.1) is 12.4 Å². The summed E-state index contributed by atoms with van der Waals surface area (Å²) < 4.78 is 4.97. The summed E-state index contributed by atoms with van der Waals surface area (Å²) in [5.74, 6) is -0.408. The molecule has 1 rings (SSSR count). The number of ether oxygens (including phenoxy) is 1. The molecule has 90 valence electrons. The fourth-order valence-electron chi connectivity index (χ4n) is 1.14. The van der Waals surface area contributed by atoms with Crippen molar-refractivity contribution < 1.29 is 14.6 Å². The van der Waals surface area contributed by atoms with Crippen molar-refractivity contribution in [3.63, 3.8) is 0 Å². The van der Waals surface area contributed by atoms with Gasteiger partial charge in [-0.3, -0.25) is 4.79 Å². The van der Waals surface area contributed by atoms with Crippen LogP contribution >= 0.6 is 24.0 Å². The highest BCUT2D eigenvalue weighted by molar-refractivity contribution is 6.31. The summed E-state index contributed by atoms with van der Waals surface area (Å²) in [6, 6.07) is 4.13. The third-order valence-electron chi connectivity index (χ3n) is 2.02. The molecular weight excluding hydrogens is 253 g/mol. The van der Waals surface area contributed by atoms with Crippen LogP contribution in [0.5, 0.6) is 5.75 Å². The zero-order valence-electron chi connectivity index (χ0n) is 8.64. The molecule has 1 aromatic carbocycles. The molecule has 0 fully saturated rings. The van der Waals surface area contributed by atoms with Gasteiger partial charge in [0.2, 0.25) is 0 Å². The molecule has 1 atom stereocenters. The van der Waals surface area contributed by atoms with Gasteiger partial charge in [0.15, 0.2) is 0 Å². The molecular formula is C10H13Cl2NO3. The molecule has 0 aromatic heterocycles. The average molecular weight is 266 g/mol. The summed E-state index contributed by atoms with van der Waals surface area (Å²) in [6.07, 6.45) is 0.207. The van der Waals surface area contributed by atoms with Gasteiger partial charge in [0.1, 0.15) is 11.8 Å². The van der Waals surface area contributed by atoms with Crippen LogP contribution in [0.4, 0.5) is 0 Å². The lowest BCUT2D eigenvalue weighted by atomic mass is 10.1. The first-order valence-corrected chi connectivity index (χ1v) is 4.73. The molecule has 0 saturated heterocycles. The summed E-state index contributed by atoms with van der Waals surface area (Å²) in [5.41, 5.74) is 6.10. The van der Waals surface area contributed by atoms with Crippen molar-refractivity contribution in [3.05, 3.63) is 28.8 Å². The molecule has 0 amide bonds. The number of hydrogen-bond acceptors (Lipinski definition) is 3. The van der Waals surface area contributed by atoms with Crippen LogP contribution in [-0.4, -0.2) is 24.2 Å². The largest absolute Gasteiger partial charge is 0.497 e. The molecule has 4 nitrogen and oxygen atoms in total. The Labute approximate surface area is 105 Å². The van der Waals surface area contributed by atoms with E-state index in [-0.39, 0.29) is 18.8 Å². The maximum absolute atomic E-state index is 10.5. The van der Waals surface area contributed by atoms with E-state index in [1.165, 1.54) is 7.11 Å². The van der Waals surface area contributed by atoms with Crippen LogP contribution in [0.15, 0.2) is 18.2 Å². The molecule has 0 aliphatic heterocycles. The zero-order valence-corrected chi connectivity index (χ0v) is 10.2. The first kappa shape index (κ1) is 15.0. The third-order valence-corrected chi connectivity index (χ3v) is 2.37. The van der Waals surface area contributed by atoms with E-state index in [2.05, 4.69) is 0 Å². The van der Waals surface area contributed by atoms with Crippen LogP contribution in [0.1, 0.15) is 5.56 Å². The van der Waals surface area contributed by atoms with E-state index in [0.29, 0.717) is 16.3 Å². The van der Waals surface area contributed by atoms with E-state index in [1.807, 2.05) is 0 Å². The molecule has 3 N–H and O–H groups in total. The SMILES string of the molecule is COc1ccc(C[C@H](N)C(=O)O)c(Cl)c1.Cl. The molecule has 0 unspecified atom stereocenters. The van der Waals surface area contributed by atoms with Crippen molar-refractivity contribution in [3.8, 4) is 5.75 Å². The Kier molecular flexibility index (Phi) is 6.18. The fourth-order valence-corrected chi connectivity index (χ4v) is 1.39. The quantitative estimate of drug-likeness (QED) is 0.870. The second-order valence-electron chi connectivity index (χ2n) is 3.11. The first-order valence-electron chi connectivity index (χ1n) is 4.35. The van der Waals surface area contributed by atoms with Gasteiger partial charge in [0.05, 0.1) is 7.11 Å². The molecule has 0 bridgehead atoms. The Morgan fingerprint density at radius 2 is 2.25 bits per heavy atom. The van der Waals surface area contributed by atoms with Gasteiger partial charge in [-0.2, -0.15) is 0 Å². The highest BCUT2D eigenvalue weighted by Crippen LogP contribution is 2.23. The minimum Gasteiger partial charge on any atom is -0.497 e. The van der Waals surface area contributed by atoms with Gasteiger partial charge in [-0.05, 0) is 24.1 Å². The lowest BCUT2D eigenvalue weighted by Gasteiger charge is -2.09. The maximum atomic E-state index is 10.5. The normalized spacial score (nSPS) is 11.4. The van der Waals surface area contributed by atoms with E-state index in [0.717, 1.165) is 0 Å². The standard InChI is InChI=1S/C10H12ClNO3.ClH/c1-15-7-3-2-6(8(11)5-7)4-9(12)10(13)14;/h2-3,5,9H,4,12H2,1H3,(H,13,14);1H/t9-;/m0./s1. The van der Waals surface area contributed by atoms with Gasteiger partial charge in [0.25, 0.3) is 0 Å². The Morgan fingerprint density at radius 1 is 1.62 bits per heavy atom. The Hall–Kier alpha value is -0.970. The molecule has 6 heteroatoms. The van der Waals surface area contributed by atoms with Crippen LogP contribution < -0.4 is 10.5 Å². The maximum Gasteiger partial charge on any atom is 0.320 e. The number of halogens is 2. The minimum atomic E-state index is -1.04. The van der Waals surface area contributed by atoms with E-state index in [4.69, 9.17) is 27.2 Å². The van der Waals surface area contributed by atoms with E-state index in [9.17, 15) is 4.79 Å². The highest BCUT2D eigenvalue weighted by atomic mass is 35.5. The van der Waals surface area contributed by atoms with Crippen LogP contribution in [0.3, 0.4) is 0 Å². The van der Waals surface area contributed by atoms with Gasteiger partial charge < -0.3 is 15.6 Å². The summed E-state index contributed by atoms with van der Waals surface area (Å²) in [5, 5.41) is 9.11. The molecule has 0 heterocycles. The van der Waals surface area contributed by atoms with Crippen LogP contribution in [0.2, 0.25) is 5.02 Å². The van der Waals surface area contributed by atoms with Crippen molar-refractivity contribution in [1.29, 1.82) is 0 Å². The minimum absolute atomic E-state index is 0. The molecule has 16 heavy (non-hydrogen) atoms. The lowest BCUT2D eigenvalue weighted by Crippen LogP contribution is -2.32. The second-order valence-corrected chi connectivity index (χ2v) is 3.51. The molecule has 0 radical (unpaired) electrons. The molecule has 1 aromatic rings. The van der Waals surface area contributed by atoms with Gasteiger partial charge in [-0.25, -0.2) is 0 Å². The number of carboxylic acids is 1. The van der Waals surface area contributed by atoms with Gasteiger partial charge in [-0.1, -0.05) is 17.7 Å². The summed E-state index contributed by atoms with van der Waals surface area (Å²) in [7, 11) is 1.54. The van der Waals surface area contributed by atoms with Crippen LogP contribution in [-0.2, 0) is 11.2 Å². The van der Waals surface area contributed by atoms with E-state index in [1.54, 1.807) is 18.2 Å². The molecule has 0 aliphatic rings. The lowest BCUT2D eigenvalue weighted by molar-refractivity contribution is -0.138. The Morgan fingerprint density at radius 3 is 2.69 bits per heavy atom. The second kappa shape index (κ2) is 6.58. The van der Waals surface area contributed by atoms with Gasteiger partial charge >= 0.3 is 5.97 Å². The Bertz CT molecular complexity index is 371. The number of nitrogens with two attached hydrogens (primary N) is 1. The monoisotopic (exact) mass is 265 g/mol. The molecule has 0 saturated carbocycles. The van der Waals surface area contributed by atoms with Crippen molar-refractivity contribution in [2.24, 2.45) is 5.73 Å². The Balaban J connectivity index is 0.00000225. The van der Waals surface area contributed by atoms with E-state index < -0.39 is 12.0 Å². The number of hydrogen-bond donors (Lipinski definition) is 2. The number of carbonyl (C=O) groups is 1. The third kappa shape index (κ3) is 3.89. The first-order chi connectivity index (χ1) is 7.04. The van der Waals surface area contributed by atoms with Crippen LogP contribution in [0, 0.1) is 0 Å². The fraction of sp³-hybridized carbons (Fsp3) is 0.300. The molecule has 0 aliphatic carbocycles. The smallest absolute Gasteiger partial charge is 0.320 e. The molecule has 0 spiro atoms. The van der Waals surface area contributed by atoms with Crippen molar-refractivity contribution >= 4 is 30.0 Å². The predicted molar refractivity (Wildman–Crippen MR) is 64.6 cm³/mol. The highest BCUT2D eigenvalue weighted by Gasteiger charge is 2.14. The number of methoxy groups -OCH3 is 1. The summed E-state index contributed by atoms with van der Waals surface area (Å²) >= 11 is 5.93.